The van der Waals surface area contributed by atoms with Gasteiger partial charge in [0.15, 0.2) is 11.5 Å². The number of carbonyl (C=O) groups is 1. The molecular weight excluding hydrogens is 357 g/mol. The minimum Gasteiger partial charge on any atom is -0.338 e. The molecule has 0 aliphatic heterocycles. The van der Waals surface area contributed by atoms with Crippen molar-refractivity contribution in [1.82, 2.24) is 15.1 Å². The maximum absolute atomic E-state index is 12.8. The molecule has 1 N–H and O–H groups in total. The number of aromatic nitrogens is 2. The second-order valence-corrected chi connectivity index (χ2v) is 5.51. The van der Waals surface area contributed by atoms with Gasteiger partial charge in [-0.15, -0.1) is 10.2 Å². The van der Waals surface area contributed by atoms with Gasteiger partial charge in [-0.1, -0.05) is 11.6 Å². The van der Waals surface area contributed by atoms with Crippen LogP contribution < -0.4 is 5.32 Å². The number of hydrogen-bond donors (Lipinski definition) is 1. The molecule has 0 saturated carbocycles. The summed E-state index contributed by atoms with van der Waals surface area (Å²) in [5, 5.41) is 10.4. The maximum atomic E-state index is 12.8. The van der Waals surface area contributed by atoms with Crippen molar-refractivity contribution in [3.63, 3.8) is 0 Å². The van der Waals surface area contributed by atoms with Gasteiger partial charge >= 0.3 is 6.18 Å². The van der Waals surface area contributed by atoms with Crippen molar-refractivity contribution in [1.29, 1.82) is 0 Å². The lowest BCUT2D eigenvalue weighted by molar-refractivity contribution is -0.137. The summed E-state index contributed by atoms with van der Waals surface area (Å²) in [4.78, 5) is 13.7. The van der Waals surface area contributed by atoms with E-state index in [0.717, 1.165) is 18.2 Å². The van der Waals surface area contributed by atoms with Crippen LogP contribution in [0.15, 0.2) is 30.3 Å². The number of anilines is 2. The molecule has 0 aliphatic rings. The highest BCUT2D eigenvalue weighted by molar-refractivity contribution is 6.33. The van der Waals surface area contributed by atoms with E-state index in [2.05, 4.69) is 15.5 Å². The van der Waals surface area contributed by atoms with Gasteiger partial charge in [-0.05, 0) is 44.2 Å². The number of benzene rings is 1. The summed E-state index contributed by atoms with van der Waals surface area (Å²) in [7, 11) is 0. The minimum absolute atomic E-state index is 0.0496. The van der Waals surface area contributed by atoms with Crippen molar-refractivity contribution in [3.8, 4) is 0 Å². The molecular formula is C16H16ClF3N4O. The van der Waals surface area contributed by atoms with Gasteiger partial charge in [-0.25, -0.2) is 0 Å². The molecule has 0 atom stereocenters. The molecule has 25 heavy (non-hydrogen) atoms. The normalized spacial score (nSPS) is 11.3. The molecule has 5 nitrogen and oxygen atoms in total. The van der Waals surface area contributed by atoms with Crippen LogP contribution in [0.4, 0.5) is 24.7 Å². The number of carbonyl (C=O) groups excluding carboxylic acids is 1. The highest BCUT2D eigenvalue weighted by Crippen LogP contribution is 2.34. The summed E-state index contributed by atoms with van der Waals surface area (Å²) in [5.74, 6) is -0.0847. The van der Waals surface area contributed by atoms with Gasteiger partial charge in [0.1, 0.15) is 0 Å². The molecule has 0 aliphatic carbocycles. The Hall–Kier alpha value is -2.35. The van der Waals surface area contributed by atoms with E-state index in [-0.39, 0.29) is 28.1 Å². The van der Waals surface area contributed by atoms with Crippen molar-refractivity contribution in [2.24, 2.45) is 0 Å². The second-order valence-electron chi connectivity index (χ2n) is 5.10. The number of amides is 1. The standard InChI is InChI=1S/C16H16ClF3N4O/c1-3-24(4-2)15(25)12-7-8-14(23-22-12)21-13-9-10(16(18,19)20)5-6-11(13)17/h5-9H,3-4H2,1-2H3,(H,21,23). The first kappa shape index (κ1) is 19.0. The molecule has 0 radical (unpaired) electrons. The molecule has 1 aromatic heterocycles. The fourth-order valence-corrected chi connectivity index (χ4v) is 2.29. The summed E-state index contributed by atoms with van der Waals surface area (Å²) in [5.41, 5.74) is -0.626. The zero-order chi connectivity index (χ0) is 18.6. The van der Waals surface area contributed by atoms with E-state index in [1.54, 1.807) is 4.90 Å². The van der Waals surface area contributed by atoms with Crippen LogP contribution in [0.5, 0.6) is 0 Å². The lowest BCUT2D eigenvalue weighted by Gasteiger charge is -2.17. The van der Waals surface area contributed by atoms with Crippen LogP contribution in [0.2, 0.25) is 5.02 Å². The Balaban J connectivity index is 2.21. The van der Waals surface area contributed by atoms with Crippen LogP contribution in [-0.2, 0) is 6.18 Å². The highest BCUT2D eigenvalue weighted by Gasteiger charge is 2.31. The molecule has 134 valence electrons. The van der Waals surface area contributed by atoms with Gasteiger partial charge in [-0.2, -0.15) is 13.2 Å². The van der Waals surface area contributed by atoms with Crippen molar-refractivity contribution >= 4 is 29.0 Å². The van der Waals surface area contributed by atoms with Crippen molar-refractivity contribution < 1.29 is 18.0 Å². The lowest BCUT2D eigenvalue weighted by Crippen LogP contribution is -2.31. The average Bonchev–Trinajstić information content (AvgIpc) is 2.57. The Morgan fingerprint density at radius 2 is 1.84 bits per heavy atom. The van der Waals surface area contributed by atoms with Crippen LogP contribution in [0.3, 0.4) is 0 Å². The van der Waals surface area contributed by atoms with E-state index >= 15 is 0 Å². The van der Waals surface area contributed by atoms with E-state index in [0.29, 0.717) is 13.1 Å². The number of nitrogens with one attached hydrogen (secondary N) is 1. The molecule has 1 aromatic carbocycles. The number of rotatable bonds is 5. The van der Waals surface area contributed by atoms with Gasteiger partial charge in [0, 0.05) is 13.1 Å². The van der Waals surface area contributed by atoms with Crippen LogP contribution in [-0.4, -0.2) is 34.1 Å². The quantitative estimate of drug-likeness (QED) is 0.846. The molecule has 2 rings (SSSR count). The third-order valence-electron chi connectivity index (χ3n) is 3.49. The second kappa shape index (κ2) is 7.69. The molecule has 0 fully saturated rings. The predicted octanol–water partition coefficient (Wildman–Crippen LogP) is 4.37. The van der Waals surface area contributed by atoms with Gasteiger partial charge in [0.05, 0.1) is 16.3 Å². The summed E-state index contributed by atoms with van der Waals surface area (Å²) in [6, 6.07) is 5.85. The van der Waals surface area contributed by atoms with E-state index in [4.69, 9.17) is 11.6 Å². The van der Waals surface area contributed by atoms with Crippen molar-refractivity contribution in [2.75, 3.05) is 18.4 Å². The molecule has 0 spiro atoms. The smallest absolute Gasteiger partial charge is 0.338 e. The number of nitrogens with zero attached hydrogens (tertiary/aromatic N) is 3. The summed E-state index contributed by atoms with van der Waals surface area (Å²) in [6.07, 6.45) is -4.48. The molecule has 9 heteroatoms. The van der Waals surface area contributed by atoms with Crippen molar-refractivity contribution in [3.05, 3.63) is 46.6 Å². The summed E-state index contributed by atoms with van der Waals surface area (Å²) >= 11 is 5.92. The topological polar surface area (TPSA) is 58.1 Å². The van der Waals surface area contributed by atoms with E-state index in [1.807, 2.05) is 13.8 Å². The Morgan fingerprint density at radius 1 is 1.16 bits per heavy atom. The zero-order valence-electron chi connectivity index (χ0n) is 13.6. The predicted molar refractivity (Wildman–Crippen MR) is 89.0 cm³/mol. The molecule has 1 heterocycles. The van der Waals surface area contributed by atoms with E-state index < -0.39 is 11.7 Å². The first-order valence-corrected chi connectivity index (χ1v) is 7.90. The fourth-order valence-electron chi connectivity index (χ4n) is 2.12. The lowest BCUT2D eigenvalue weighted by atomic mass is 10.2. The molecule has 1 amide bonds. The SMILES string of the molecule is CCN(CC)C(=O)c1ccc(Nc2cc(C(F)(F)F)ccc2Cl)nn1. The largest absolute Gasteiger partial charge is 0.416 e. The molecule has 0 unspecified atom stereocenters. The Labute approximate surface area is 147 Å². The fraction of sp³-hybridized carbons (Fsp3) is 0.312. The third kappa shape index (κ3) is 4.60. The Morgan fingerprint density at radius 3 is 2.36 bits per heavy atom. The van der Waals surface area contributed by atoms with Crippen LogP contribution in [0.25, 0.3) is 0 Å². The number of hydrogen-bond acceptors (Lipinski definition) is 4. The van der Waals surface area contributed by atoms with Gasteiger partial charge < -0.3 is 10.2 Å². The maximum Gasteiger partial charge on any atom is 0.416 e. The number of alkyl halides is 3. The van der Waals surface area contributed by atoms with Gasteiger partial charge in [0.2, 0.25) is 0 Å². The van der Waals surface area contributed by atoms with E-state index in [9.17, 15) is 18.0 Å². The zero-order valence-corrected chi connectivity index (χ0v) is 14.3. The van der Waals surface area contributed by atoms with Gasteiger partial charge in [-0.3, -0.25) is 4.79 Å². The van der Waals surface area contributed by atoms with E-state index in [1.165, 1.54) is 12.1 Å². The third-order valence-corrected chi connectivity index (χ3v) is 3.82. The van der Waals surface area contributed by atoms with Crippen LogP contribution in [0, 0.1) is 0 Å². The monoisotopic (exact) mass is 372 g/mol. The summed E-state index contributed by atoms with van der Waals surface area (Å²) < 4.78 is 38.3. The highest BCUT2D eigenvalue weighted by atomic mass is 35.5. The minimum atomic E-state index is -4.48. The Bertz CT molecular complexity index is 746. The first-order chi connectivity index (χ1) is 11.8. The summed E-state index contributed by atoms with van der Waals surface area (Å²) in [6.45, 7) is 4.77. The molecule has 2 aromatic rings. The first-order valence-electron chi connectivity index (χ1n) is 7.53. The Kier molecular flexibility index (Phi) is 5.84. The van der Waals surface area contributed by atoms with Crippen LogP contribution >= 0.6 is 11.6 Å². The molecule has 0 saturated heterocycles. The average molecular weight is 373 g/mol. The number of halogens is 4. The van der Waals surface area contributed by atoms with Crippen LogP contribution in [0.1, 0.15) is 29.9 Å². The molecule has 0 bridgehead atoms. The van der Waals surface area contributed by atoms with Gasteiger partial charge in [0.25, 0.3) is 5.91 Å². The van der Waals surface area contributed by atoms with Crippen molar-refractivity contribution in [2.45, 2.75) is 20.0 Å².